The summed E-state index contributed by atoms with van der Waals surface area (Å²) in [7, 11) is 0. The molecule has 0 saturated carbocycles. The summed E-state index contributed by atoms with van der Waals surface area (Å²) in [5, 5.41) is 2.97. The Kier molecular flexibility index (Phi) is 4.84. The van der Waals surface area contributed by atoms with E-state index in [1.807, 2.05) is 19.1 Å². The molecule has 4 nitrogen and oxygen atoms in total. The quantitative estimate of drug-likeness (QED) is 0.728. The van der Waals surface area contributed by atoms with Crippen molar-refractivity contribution >= 4 is 5.91 Å². The van der Waals surface area contributed by atoms with Crippen LogP contribution in [0.3, 0.4) is 0 Å². The number of hydrogen-bond acceptors (Lipinski definition) is 2. The molecule has 5 heteroatoms. The van der Waals surface area contributed by atoms with Gasteiger partial charge in [-0.25, -0.2) is 4.39 Å². The first-order valence-electron chi connectivity index (χ1n) is 9.39. The van der Waals surface area contributed by atoms with Gasteiger partial charge >= 0.3 is 0 Å². The lowest BCUT2D eigenvalue weighted by molar-refractivity contribution is 0.0938. The molecule has 0 atom stereocenters. The van der Waals surface area contributed by atoms with Crippen molar-refractivity contribution in [3.8, 4) is 0 Å². The fourth-order valence-electron chi connectivity index (χ4n) is 3.98. The molecular formula is C22H23FN2O2. The lowest BCUT2D eigenvalue weighted by Gasteiger charge is -2.17. The van der Waals surface area contributed by atoms with Gasteiger partial charge in [-0.2, -0.15) is 0 Å². The fraction of sp³-hybridized carbons (Fsp3) is 0.318. The zero-order valence-electron chi connectivity index (χ0n) is 15.4. The highest BCUT2D eigenvalue weighted by Gasteiger charge is 2.26. The normalized spacial score (nSPS) is 13.4. The Labute approximate surface area is 158 Å². The topological polar surface area (TPSA) is 47.2 Å². The summed E-state index contributed by atoms with van der Waals surface area (Å²) in [6.07, 6.45) is 5.87. The van der Waals surface area contributed by atoms with Gasteiger partial charge in [0.05, 0.1) is 12.8 Å². The van der Waals surface area contributed by atoms with Crippen LogP contribution in [0.2, 0.25) is 0 Å². The Morgan fingerprint density at radius 1 is 1.19 bits per heavy atom. The van der Waals surface area contributed by atoms with Gasteiger partial charge in [-0.15, -0.1) is 0 Å². The van der Waals surface area contributed by atoms with Crippen LogP contribution in [0.5, 0.6) is 0 Å². The maximum absolute atomic E-state index is 13.3. The van der Waals surface area contributed by atoms with Crippen molar-refractivity contribution in [3.05, 3.63) is 82.3 Å². The van der Waals surface area contributed by atoms with Gasteiger partial charge in [0.1, 0.15) is 17.3 Å². The average Bonchev–Trinajstić information content (AvgIpc) is 3.29. The van der Waals surface area contributed by atoms with E-state index in [2.05, 4.69) is 9.88 Å². The van der Waals surface area contributed by atoms with Crippen molar-refractivity contribution in [2.45, 2.75) is 45.7 Å². The number of nitrogens with one attached hydrogen (secondary N) is 1. The molecular weight excluding hydrogens is 343 g/mol. The number of aromatic nitrogens is 1. The van der Waals surface area contributed by atoms with Crippen molar-refractivity contribution in [1.82, 2.24) is 9.88 Å². The third-order valence-electron chi connectivity index (χ3n) is 5.31. The minimum Gasteiger partial charge on any atom is -0.467 e. The number of furan rings is 1. The summed E-state index contributed by atoms with van der Waals surface area (Å²) in [6.45, 7) is 2.96. The predicted octanol–water partition coefficient (Wildman–Crippen LogP) is 4.39. The second kappa shape index (κ2) is 7.43. The second-order valence-electron chi connectivity index (χ2n) is 7.08. The lowest BCUT2D eigenvalue weighted by atomic mass is 9.95. The van der Waals surface area contributed by atoms with E-state index in [1.165, 1.54) is 23.4 Å². The number of halogens is 1. The number of carbonyl (C=O) groups is 1. The minimum atomic E-state index is -0.249. The first-order chi connectivity index (χ1) is 13.1. The number of rotatable bonds is 5. The molecule has 1 N–H and O–H groups in total. The van der Waals surface area contributed by atoms with E-state index < -0.39 is 0 Å². The van der Waals surface area contributed by atoms with Gasteiger partial charge in [0.25, 0.3) is 5.91 Å². The van der Waals surface area contributed by atoms with Crippen molar-refractivity contribution in [2.24, 2.45) is 0 Å². The SMILES string of the molecule is Cc1c2c(n(Cc3ccc(F)cc3)c1C(=O)NCc1ccco1)CCCC2. The fourth-order valence-corrected chi connectivity index (χ4v) is 3.98. The van der Waals surface area contributed by atoms with Crippen molar-refractivity contribution in [3.63, 3.8) is 0 Å². The number of fused-ring (bicyclic) bond motifs is 1. The average molecular weight is 366 g/mol. The Hall–Kier alpha value is -2.82. The van der Waals surface area contributed by atoms with Crippen LogP contribution in [0.15, 0.2) is 47.1 Å². The maximum atomic E-state index is 13.3. The van der Waals surface area contributed by atoms with Gasteiger partial charge in [0.15, 0.2) is 0 Å². The van der Waals surface area contributed by atoms with Gasteiger partial charge < -0.3 is 14.3 Å². The molecule has 140 valence electrons. The first kappa shape index (κ1) is 17.6. The van der Waals surface area contributed by atoms with Gasteiger partial charge in [-0.1, -0.05) is 12.1 Å². The molecule has 0 unspecified atom stereocenters. The van der Waals surface area contributed by atoms with Crippen LogP contribution in [0.1, 0.15) is 51.5 Å². The first-order valence-corrected chi connectivity index (χ1v) is 9.39. The molecule has 1 aliphatic rings. The number of hydrogen-bond donors (Lipinski definition) is 1. The largest absolute Gasteiger partial charge is 0.467 e. The molecule has 1 aliphatic carbocycles. The van der Waals surface area contributed by atoms with E-state index in [4.69, 9.17) is 4.42 Å². The predicted molar refractivity (Wildman–Crippen MR) is 101 cm³/mol. The van der Waals surface area contributed by atoms with Crippen molar-refractivity contribution in [2.75, 3.05) is 0 Å². The molecule has 0 radical (unpaired) electrons. The van der Waals surface area contributed by atoms with Gasteiger partial charge in [-0.3, -0.25) is 4.79 Å². The molecule has 3 aromatic rings. The van der Waals surface area contributed by atoms with Crippen LogP contribution in [-0.2, 0) is 25.9 Å². The standard InChI is InChI=1S/C22H23FN2O2/c1-15-19-6-2-3-7-20(19)25(14-16-8-10-17(23)11-9-16)21(15)22(26)24-13-18-5-4-12-27-18/h4-5,8-12H,2-3,6-7,13-14H2,1H3,(H,24,26). The summed E-state index contributed by atoms with van der Waals surface area (Å²) in [5.41, 5.74) is 5.29. The smallest absolute Gasteiger partial charge is 0.268 e. The monoisotopic (exact) mass is 366 g/mol. The number of amides is 1. The highest BCUT2D eigenvalue weighted by Crippen LogP contribution is 2.30. The van der Waals surface area contributed by atoms with E-state index in [0.29, 0.717) is 18.8 Å². The number of benzene rings is 1. The molecule has 0 saturated heterocycles. The van der Waals surface area contributed by atoms with Crippen LogP contribution in [-0.4, -0.2) is 10.5 Å². The number of carbonyl (C=O) groups excluding carboxylic acids is 1. The van der Waals surface area contributed by atoms with Crippen LogP contribution in [0.4, 0.5) is 4.39 Å². The molecule has 0 spiro atoms. The molecule has 2 aromatic heterocycles. The highest BCUT2D eigenvalue weighted by molar-refractivity contribution is 5.95. The van der Waals surface area contributed by atoms with E-state index in [9.17, 15) is 9.18 Å². The van der Waals surface area contributed by atoms with Gasteiger partial charge in [0, 0.05) is 12.2 Å². The molecule has 1 aromatic carbocycles. The van der Waals surface area contributed by atoms with E-state index in [0.717, 1.165) is 42.6 Å². The van der Waals surface area contributed by atoms with Crippen LogP contribution in [0.25, 0.3) is 0 Å². The molecule has 4 rings (SSSR count). The third-order valence-corrected chi connectivity index (χ3v) is 5.31. The van der Waals surface area contributed by atoms with Gasteiger partial charge in [-0.05, 0) is 73.6 Å². The second-order valence-corrected chi connectivity index (χ2v) is 7.08. The molecule has 0 bridgehead atoms. The van der Waals surface area contributed by atoms with E-state index >= 15 is 0 Å². The Bertz CT molecular complexity index is 940. The molecule has 27 heavy (non-hydrogen) atoms. The van der Waals surface area contributed by atoms with E-state index in [1.54, 1.807) is 18.4 Å². The van der Waals surface area contributed by atoms with Crippen molar-refractivity contribution < 1.29 is 13.6 Å². The summed E-state index contributed by atoms with van der Waals surface area (Å²) < 4.78 is 20.7. The van der Waals surface area contributed by atoms with Gasteiger partial charge in [0.2, 0.25) is 0 Å². The summed E-state index contributed by atoms with van der Waals surface area (Å²) in [4.78, 5) is 13.0. The number of nitrogens with zero attached hydrogens (tertiary/aromatic N) is 1. The molecule has 2 heterocycles. The minimum absolute atomic E-state index is 0.0968. The van der Waals surface area contributed by atoms with Crippen molar-refractivity contribution in [1.29, 1.82) is 0 Å². The third kappa shape index (κ3) is 3.54. The van der Waals surface area contributed by atoms with E-state index in [-0.39, 0.29) is 11.7 Å². The van der Waals surface area contributed by atoms with Crippen LogP contribution >= 0.6 is 0 Å². The van der Waals surface area contributed by atoms with Crippen LogP contribution < -0.4 is 5.32 Å². The zero-order chi connectivity index (χ0) is 18.8. The molecule has 0 fully saturated rings. The Morgan fingerprint density at radius 2 is 1.96 bits per heavy atom. The summed E-state index contributed by atoms with van der Waals surface area (Å²) in [6, 6.07) is 10.1. The Morgan fingerprint density at radius 3 is 2.70 bits per heavy atom. The van der Waals surface area contributed by atoms with Crippen LogP contribution in [0, 0.1) is 12.7 Å². The summed E-state index contributed by atoms with van der Waals surface area (Å²) >= 11 is 0. The molecule has 1 amide bonds. The Balaban J connectivity index is 1.67. The summed E-state index contributed by atoms with van der Waals surface area (Å²) in [5.74, 6) is 0.378. The molecule has 0 aliphatic heterocycles. The zero-order valence-corrected chi connectivity index (χ0v) is 15.4. The highest BCUT2D eigenvalue weighted by atomic mass is 19.1. The maximum Gasteiger partial charge on any atom is 0.268 e. The lowest BCUT2D eigenvalue weighted by Crippen LogP contribution is -2.26.